The number of hydrogen-bond donors (Lipinski definition) is 1. The summed E-state index contributed by atoms with van der Waals surface area (Å²) in [4.78, 5) is 2.46. The average Bonchev–Trinajstić information content (AvgIpc) is 2.47. The Kier molecular flexibility index (Phi) is 3.83. The number of benzene rings is 1. The van der Waals surface area contributed by atoms with E-state index in [0.29, 0.717) is 5.75 Å². The van der Waals surface area contributed by atoms with Gasteiger partial charge in [0, 0.05) is 12.1 Å². The molecule has 1 aliphatic rings. The van der Waals surface area contributed by atoms with Crippen molar-refractivity contribution < 1.29 is 5.11 Å². The predicted octanol–water partition coefficient (Wildman–Crippen LogP) is 3.01. The van der Waals surface area contributed by atoms with Crippen molar-refractivity contribution in [3.05, 3.63) is 29.8 Å². The number of aromatic hydroxyl groups is 1. The molecule has 1 fully saturated rings. The number of likely N-dealkylation sites (tertiary alicyclic amines) is 1. The zero-order valence-corrected chi connectivity index (χ0v) is 10.0. The second-order valence-corrected chi connectivity index (χ2v) is 4.94. The van der Waals surface area contributed by atoms with E-state index in [0.717, 1.165) is 24.6 Å². The summed E-state index contributed by atoms with van der Waals surface area (Å²) in [5.74, 6) is 1.29. The van der Waals surface area contributed by atoms with Crippen LogP contribution >= 0.6 is 0 Å². The van der Waals surface area contributed by atoms with Crippen molar-refractivity contribution in [2.24, 2.45) is 5.92 Å². The molecule has 2 nitrogen and oxygen atoms in total. The van der Waals surface area contributed by atoms with Gasteiger partial charge < -0.3 is 5.11 Å². The molecule has 1 aromatic rings. The Bertz CT molecular complexity index is 337. The molecule has 0 saturated carbocycles. The van der Waals surface area contributed by atoms with Crippen LogP contribution in [-0.4, -0.2) is 23.1 Å². The van der Waals surface area contributed by atoms with Gasteiger partial charge >= 0.3 is 0 Å². The van der Waals surface area contributed by atoms with Crippen LogP contribution in [0, 0.1) is 5.92 Å². The zero-order chi connectivity index (χ0) is 11.4. The Morgan fingerprint density at radius 3 is 2.88 bits per heavy atom. The van der Waals surface area contributed by atoms with Crippen LogP contribution in [0.2, 0.25) is 0 Å². The fourth-order valence-corrected chi connectivity index (χ4v) is 2.37. The van der Waals surface area contributed by atoms with Gasteiger partial charge in [0.15, 0.2) is 0 Å². The molecule has 16 heavy (non-hydrogen) atoms. The average molecular weight is 219 g/mol. The largest absolute Gasteiger partial charge is 0.508 e. The number of rotatable bonds is 2. The molecule has 0 aliphatic carbocycles. The summed E-state index contributed by atoms with van der Waals surface area (Å²) in [5, 5.41) is 9.74. The van der Waals surface area contributed by atoms with E-state index in [4.69, 9.17) is 0 Å². The fourth-order valence-electron chi connectivity index (χ4n) is 2.37. The fraction of sp³-hybridized carbons (Fsp3) is 0.571. The van der Waals surface area contributed by atoms with Crippen molar-refractivity contribution in [2.75, 3.05) is 13.1 Å². The first-order valence-corrected chi connectivity index (χ1v) is 6.25. The van der Waals surface area contributed by atoms with Crippen molar-refractivity contribution in [3.63, 3.8) is 0 Å². The van der Waals surface area contributed by atoms with Crippen LogP contribution in [0.4, 0.5) is 0 Å². The second-order valence-electron chi connectivity index (χ2n) is 4.94. The molecule has 1 aliphatic heterocycles. The van der Waals surface area contributed by atoms with E-state index >= 15 is 0 Å². The molecular weight excluding hydrogens is 198 g/mol. The highest BCUT2D eigenvalue weighted by atomic mass is 16.3. The van der Waals surface area contributed by atoms with Crippen LogP contribution in [0.5, 0.6) is 5.75 Å². The quantitative estimate of drug-likeness (QED) is 0.826. The van der Waals surface area contributed by atoms with Gasteiger partial charge in [-0.05, 0) is 44.3 Å². The first-order valence-electron chi connectivity index (χ1n) is 6.25. The van der Waals surface area contributed by atoms with Crippen LogP contribution < -0.4 is 0 Å². The summed E-state index contributed by atoms with van der Waals surface area (Å²) in [6, 6.07) is 7.66. The Morgan fingerprint density at radius 2 is 2.06 bits per heavy atom. The third-order valence-corrected chi connectivity index (χ3v) is 3.49. The lowest BCUT2D eigenvalue weighted by atomic mass is 10.0. The number of para-hydroxylation sites is 1. The highest BCUT2D eigenvalue weighted by Gasteiger charge is 2.14. The number of phenols is 1. The third-order valence-electron chi connectivity index (χ3n) is 3.49. The van der Waals surface area contributed by atoms with E-state index in [2.05, 4.69) is 11.8 Å². The lowest BCUT2D eigenvalue weighted by Crippen LogP contribution is -2.24. The molecule has 2 rings (SSSR count). The zero-order valence-electron chi connectivity index (χ0n) is 10.0. The lowest BCUT2D eigenvalue weighted by Gasteiger charge is -2.20. The van der Waals surface area contributed by atoms with Gasteiger partial charge in [0.1, 0.15) is 5.75 Å². The maximum absolute atomic E-state index is 9.74. The SMILES string of the molecule is CC1CCCN(Cc2ccccc2O)CC1. The second kappa shape index (κ2) is 5.35. The Morgan fingerprint density at radius 1 is 1.25 bits per heavy atom. The maximum atomic E-state index is 9.74. The van der Waals surface area contributed by atoms with Gasteiger partial charge in [0.2, 0.25) is 0 Å². The van der Waals surface area contributed by atoms with Crippen LogP contribution in [0.25, 0.3) is 0 Å². The Labute approximate surface area is 97.9 Å². The molecule has 88 valence electrons. The van der Waals surface area contributed by atoms with E-state index in [1.807, 2.05) is 18.2 Å². The van der Waals surface area contributed by atoms with Crippen molar-refractivity contribution in [2.45, 2.75) is 32.7 Å². The molecule has 0 bridgehead atoms. The first-order chi connectivity index (χ1) is 7.75. The molecule has 0 spiro atoms. The standard InChI is InChI=1S/C14H21NO/c1-12-5-4-9-15(10-8-12)11-13-6-2-3-7-14(13)16/h2-3,6-7,12,16H,4-5,8-11H2,1H3. The van der Waals surface area contributed by atoms with Gasteiger partial charge in [-0.15, -0.1) is 0 Å². The van der Waals surface area contributed by atoms with Gasteiger partial charge in [-0.3, -0.25) is 4.90 Å². The third kappa shape index (κ3) is 2.99. The van der Waals surface area contributed by atoms with Gasteiger partial charge in [-0.1, -0.05) is 25.1 Å². The topological polar surface area (TPSA) is 23.5 Å². The molecule has 1 atom stereocenters. The number of hydrogen-bond acceptors (Lipinski definition) is 2. The monoisotopic (exact) mass is 219 g/mol. The summed E-state index contributed by atoms with van der Waals surface area (Å²) in [7, 11) is 0. The summed E-state index contributed by atoms with van der Waals surface area (Å²) < 4.78 is 0. The molecule has 1 aromatic carbocycles. The molecule has 2 heteroatoms. The van der Waals surface area contributed by atoms with Gasteiger partial charge in [-0.25, -0.2) is 0 Å². The van der Waals surface area contributed by atoms with Crippen LogP contribution in [0.1, 0.15) is 31.7 Å². The van der Waals surface area contributed by atoms with Gasteiger partial charge in [-0.2, -0.15) is 0 Å². The molecule has 0 aromatic heterocycles. The molecule has 0 radical (unpaired) electrons. The highest BCUT2D eigenvalue weighted by molar-refractivity contribution is 5.31. The normalized spacial score (nSPS) is 22.9. The molecule has 1 heterocycles. The van der Waals surface area contributed by atoms with Crippen LogP contribution in [0.3, 0.4) is 0 Å². The van der Waals surface area contributed by atoms with Crippen molar-refractivity contribution in [1.29, 1.82) is 0 Å². The Balaban J connectivity index is 1.96. The number of nitrogens with zero attached hydrogens (tertiary/aromatic N) is 1. The van der Waals surface area contributed by atoms with Crippen molar-refractivity contribution in [3.8, 4) is 5.75 Å². The maximum Gasteiger partial charge on any atom is 0.120 e. The van der Waals surface area contributed by atoms with E-state index in [9.17, 15) is 5.11 Å². The van der Waals surface area contributed by atoms with E-state index < -0.39 is 0 Å². The summed E-state index contributed by atoms with van der Waals surface area (Å²) >= 11 is 0. The molecule has 0 amide bonds. The molecular formula is C14H21NO. The van der Waals surface area contributed by atoms with Gasteiger partial charge in [0.25, 0.3) is 0 Å². The van der Waals surface area contributed by atoms with E-state index in [-0.39, 0.29) is 0 Å². The Hall–Kier alpha value is -1.02. The number of phenolic OH excluding ortho intramolecular Hbond substituents is 1. The lowest BCUT2D eigenvalue weighted by molar-refractivity contribution is 0.269. The molecule has 1 saturated heterocycles. The molecule has 1 N–H and O–H groups in total. The predicted molar refractivity (Wildman–Crippen MR) is 66.4 cm³/mol. The highest BCUT2D eigenvalue weighted by Crippen LogP contribution is 2.21. The summed E-state index contributed by atoms with van der Waals surface area (Å²) in [6.45, 7) is 5.55. The minimum atomic E-state index is 0.430. The van der Waals surface area contributed by atoms with E-state index in [1.165, 1.54) is 25.8 Å². The van der Waals surface area contributed by atoms with Crippen LogP contribution in [-0.2, 0) is 6.54 Å². The minimum Gasteiger partial charge on any atom is -0.508 e. The smallest absolute Gasteiger partial charge is 0.120 e. The van der Waals surface area contributed by atoms with Gasteiger partial charge in [0.05, 0.1) is 0 Å². The summed E-state index contributed by atoms with van der Waals surface area (Å²) in [5.41, 5.74) is 1.05. The minimum absolute atomic E-state index is 0.430. The van der Waals surface area contributed by atoms with E-state index in [1.54, 1.807) is 6.07 Å². The van der Waals surface area contributed by atoms with Crippen molar-refractivity contribution >= 4 is 0 Å². The van der Waals surface area contributed by atoms with Crippen LogP contribution in [0.15, 0.2) is 24.3 Å². The van der Waals surface area contributed by atoms with Crippen molar-refractivity contribution in [1.82, 2.24) is 4.90 Å². The first kappa shape index (κ1) is 11.5. The molecule has 1 unspecified atom stereocenters. The summed E-state index contributed by atoms with van der Waals surface area (Å²) in [6.07, 6.45) is 3.92.